The largest absolute Gasteiger partial charge is 0.245 e. The van der Waals surface area contributed by atoms with Crippen molar-refractivity contribution in [3.05, 3.63) is 40.8 Å². The molecule has 3 rings (SSSR count). The third-order valence-electron chi connectivity index (χ3n) is 4.20. The first-order valence-electron chi connectivity index (χ1n) is 8.01. The van der Waals surface area contributed by atoms with Gasteiger partial charge in [0.1, 0.15) is 5.15 Å². The number of sulfone groups is 1. The van der Waals surface area contributed by atoms with E-state index in [2.05, 4.69) is 20.5 Å². The first-order valence-corrected chi connectivity index (χ1v) is 9.87. The van der Waals surface area contributed by atoms with Crippen molar-refractivity contribution in [1.29, 1.82) is 0 Å². The average Bonchev–Trinajstić information content (AvgIpc) is 2.85. The van der Waals surface area contributed by atoms with Crippen molar-refractivity contribution in [3.8, 4) is 0 Å². The Kier molecular flexibility index (Phi) is 4.44. The fourth-order valence-electron chi connectivity index (χ4n) is 2.34. The van der Waals surface area contributed by atoms with Crippen molar-refractivity contribution in [2.24, 2.45) is 0 Å². The van der Waals surface area contributed by atoms with Crippen LogP contribution in [0.4, 0.5) is 5.95 Å². The van der Waals surface area contributed by atoms with Gasteiger partial charge in [0.15, 0.2) is 9.84 Å². The monoisotopic (exact) mass is 393 g/mol. The highest BCUT2D eigenvalue weighted by Crippen LogP contribution is 2.30. The van der Waals surface area contributed by atoms with Gasteiger partial charge in [-0.3, -0.25) is 0 Å². The van der Waals surface area contributed by atoms with Gasteiger partial charge in [-0.05, 0) is 58.4 Å². The zero-order chi connectivity index (χ0) is 19.3. The lowest BCUT2D eigenvalue weighted by atomic mass is 10.2. The van der Waals surface area contributed by atoms with Crippen molar-refractivity contribution >= 4 is 38.3 Å². The Hall–Kier alpha value is -2.19. The van der Waals surface area contributed by atoms with Gasteiger partial charge in [0, 0.05) is 5.39 Å². The van der Waals surface area contributed by atoms with E-state index in [4.69, 9.17) is 11.6 Å². The summed E-state index contributed by atoms with van der Waals surface area (Å²) < 4.78 is 24.4. The summed E-state index contributed by atoms with van der Waals surface area (Å²) in [5, 5.41) is 4.85. The normalized spacial score (nSPS) is 12.5. The van der Waals surface area contributed by atoms with Crippen LogP contribution in [0.25, 0.3) is 10.9 Å². The predicted molar refractivity (Wildman–Crippen MR) is 102 cm³/mol. The van der Waals surface area contributed by atoms with Crippen LogP contribution in [0.15, 0.2) is 29.3 Å². The molecule has 2 heterocycles. The van der Waals surface area contributed by atoms with Crippen LogP contribution in [-0.2, 0) is 9.84 Å². The summed E-state index contributed by atoms with van der Waals surface area (Å²) in [4.78, 5) is 10.4. The van der Waals surface area contributed by atoms with Crippen LogP contribution in [0.2, 0.25) is 5.15 Å². The Labute approximate surface area is 157 Å². The highest BCUT2D eigenvalue weighted by atomic mass is 35.5. The molecule has 0 saturated carbocycles. The molecule has 0 radical (unpaired) electrons. The second-order valence-electron chi connectivity index (χ2n) is 7.07. The highest BCUT2D eigenvalue weighted by molar-refractivity contribution is 7.92. The Balaban J connectivity index is 2.06. The van der Waals surface area contributed by atoms with Crippen LogP contribution in [0.3, 0.4) is 0 Å². The van der Waals surface area contributed by atoms with E-state index in [0.717, 1.165) is 11.3 Å². The molecule has 0 aliphatic heterocycles. The minimum atomic E-state index is -3.49. The summed E-state index contributed by atoms with van der Waals surface area (Å²) in [6, 6.07) is 4.69. The van der Waals surface area contributed by atoms with Gasteiger partial charge in [-0.25, -0.2) is 18.8 Å². The van der Waals surface area contributed by atoms with Gasteiger partial charge in [0.25, 0.3) is 0 Å². The number of rotatable bonds is 3. The number of hydrogen-bond acceptors (Lipinski definition) is 6. The van der Waals surface area contributed by atoms with Gasteiger partial charge in [0.2, 0.25) is 5.95 Å². The summed E-state index contributed by atoms with van der Waals surface area (Å²) >= 11 is 6.29. The van der Waals surface area contributed by atoms with Crippen molar-refractivity contribution in [1.82, 2.24) is 19.9 Å². The Morgan fingerprint density at radius 2 is 1.85 bits per heavy atom. The SMILES string of the molecule is Cc1cnn(Nc2nc(Cl)c3cc(S(=O)(=O)C(C)(C)C)ccc3n2)c1C. The first-order chi connectivity index (χ1) is 12.0. The number of aryl methyl sites for hydroxylation is 1. The maximum Gasteiger partial charge on any atom is 0.245 e. The lowest BCUT2D eigenvalue weighted by Gasteiger charge is -2.19. The Morgan fingerprint density at radius 1 is 1.15 bits per heavy atom. The van der Waals surface area contributed by atoms with Crippen LogP contribution < -0.4 is 5.43 Å². The number of fused-ring (bicyclic) bond motifs is 1. The predicted octanol–water partition coefficient (Wildman–Crippen LogP) is 3.54. The van der Waals surface area contributed by atoms with E-state index in [1.54, 1.807) is 43.9 Å². The molecule has 0 unspecified atom stereocenters. The van der Waals surface area contributed by atoms with Crippen LogP contribution in [0.5, 0.6) is 0 Å². The molecule has 0 aliphatic rings. The van der Waals surface area contributed by atoms with E-state index in [1.807, 2.05) is 13.8 Å². The fraction of sp³-hybridized carbons (Fsp3) is 0.353. The number of halogens is 1. The molecule has 7 nitrogen and oxygen atoms in total. The molecule has 0 spiro atoms. The Morgan fingerprint density at radius 3 is 2.42 bits per heavy atom. The van der Waals surface area contributed by atoms with E-state index in [-0.39, 0.29) is 16.0 Å². The highest BCUT2D eigenvalue weighted by Gasteiger charge is 2.31. The molecule has 0 fully saturated rings. The first kappa shape index (κ1) is 18.6. The van der Waals surface area contributed by atoms with Gasteiger partial charge in [-0.1, -0.05) is 11.6 Å². The average molecular weight is 394 g/mol. The number of nitrogens with zero attached hydrogens (tertiary/aromatic N) is 4. The lowest BCUT2D eigenvalue weighted by Crippen LogP contribution is -2.27. The van der Waals surface area contributed by atoms with Gasteiger partial charge < -0.3 is 0 Å². The summed E-state index contributed by atoms with van der Waals surface area (Å²) in [7, 11) is -3.49. The topological polar surface area (TPSA) is 89.8 Å². The van der Waals surface area contributed by atoms with Crippen molar-refractivity contribution in [3.63, 3.8) is 0 Å². The zero-order valence-electron chi connectivity index (χ0n) is 15.2. The summed E-state index contributed by atoms with van der Waals surface area (Å²) in [6.07, 6.45) is 1.73. The summed E-state index contributed by atoms with van der Waals surface area (Å²) in [5.74, 6) is 0.278. The van der Waals surface area contributed by atoms with E-state index >= 15 is 0 Å². The molecular weight excluding hydrogens is 374 g/mol. The minimum Gasteiger partial charge on any atom is -0.245 e. The maximum atomic E-state index is 12.6. The van der Waals surface area contributed by atoms with Crippen molar-refractivity contribution < 1.29 is 8.42 Å². The second-order valence-corrected chi connectivity index (χ2v) is 10.1. The zero-order valence-corrected chi connectivity index (χ0v) is 16.8. The van der Waals surface area contributed by atoms with Gasteiger partial charge >= 0.3 is 0 Å². The molecule has 0 bridgehead atoms. The molecule has 0 aliphatic carbocycles. The molecule has 0 atom stereocenters. The lowest BCUT2D eigenvalue weighted by molar-refractivity contribution is 0.560. The fourth-order valence-corrected chi connectivity index (χ4v) is 3.80. The second kappa shape index (κ2) is 6.21. The van der Waals surface area contributed by atoms with Crippen molar-refractivity contribution in [2.75, 3.05) is 5.43 Å². The van der Waals surface area contributed by atoms with Crippen LogP contribution in [-0.4, -0.2) is 33.0 Å². The van der Waals surface area contributed by atoms with Gasteiger partial charge in [-0.15, -0.1) is 0 Å². The summed E-state index contributed by atoms with van der Waals surface area (Å²) in [5.41, 5.74) is 5.48. The van der Waals surface area contributed by atoms with Gasteiger partial charge in [-0.2, -0.15) is 14.9 Å². The molecule has 26 heavy (non-hydrogen) atoms. The smallest absolute Gasteiger partial charge is 0.245 e. The molecule has 9 heteroatoms. The number of aromatic nitrogens is 4. The molecule has 0 amide bonds. The molecule has 1 N–H and O–H groups in total. The number of benzene rings is 1. The molecular formula is C17H20ClN5O2S. The molecule has 1 aromatic carbocycles. The molecule has 0 saturated heterocycles. The quantitative estimate of drug-likeness (QED) is 0.684. The van der Waals surface area contributed by atoms with Crippen LogP contribution in [0, 0.1) is 13.8 Å². The van der Waals surface area contributed by atoms with Crippen LogP contribution in [0.1, 0.15) is 32.0 Å². The third-order valence-corrected chi connectivity index (χ3v) is 6.97. The van der Waals surface area contributed by atoms with E-state index < -0.39 is 14.6 Å². The van der Waals surface area contributed by atoms with Crippen LogP contribution >= 0.6 is 11.6 Å². The number of nitrogens with one attached hydrogen (secondary N) is 1. The Bertz CT molecular complexity index is 1100. The number of anilines is 1. The number of hydrogen-bond donors (Lipinski definition) is 1. The maximum absolute atomic E-state index is 12.6. The minimum absolute atomic E-state index is 0.171. The van der Waals surface area contributed by atoms with E-state index in [1.165, 1.54) is 6.07 Å². The van der Waals surface area contributed by atoms with Gasteiger partial charge in [0.05, 0.1) is 27.0 Å². The van der Waals surface area contributed by atoms with E-state index in [9.17, 15) is 8.42 Å². The van der Waals surface area contributed by atoms with E-state index in [0.29, 0.717) is 10.9 Å². The molecule has 138 valence electrons. The standard InChI is InChI=1S/C17H20ClN5O2S/c1-10-9-19-23(11(10)2)22-16-20-14-7-6-12(8-13(14)15(18)21-16)26(24,25)17(3,4)5/h6-9H,1-5H3,(H,20,21,22). The molecule has 2 aromatic heterocycles. The third kappa shape index (κ3) is 3.14. The summed E-state index contributed by atoms with van der Waals surface area (Å²) in [6.45, 7) is 8.84. The van der Waals surface area contributed by atoms with Crippen molar-refractivity contribution in [2.45, 2.75) is 44.3 Å². The molecule has 3 aromatic rings.